The smallest absolute Gasteiger partial charge is 0.338 e. The lowest BCUT2D eigenvalue weighted by atomic mass is 10.2. The SMILES string of the molecule is CCCOC(=O)c1ccc(NC(=O)CNc2cccc(C(=O)NCC)c2)cc1. The average molecular weight is 383 g/mol. The summed E-state index contributed by atoms with van der Waals surface area (Å²) >= 11 is 0. The summed E-state index contributed by atoms with van der Waals surface area (Å²) in [6.45, 7) is 4.75. The summed E-state index contributed by atoms with van der Waals surface area (Å²) in [5, 5.41) is 8.47. The number of nitrogens with one attached hydrogen (secondary N) is 3. The molecule has 0 unspecified atom stereocenters. The van der Waals surface area contributed by atoms with Gasteiger partial charge in [0, 0.05) is 23.5 Å². The van der Waals surface area contributed by atoms with Crippen LogP contribution in [-0.4, -0.2) is 37.5 Å². The Bertz CT molecular complexity index is 819. The molecule has 0 aliphatic heterocycles. The van der Waals surface area contributed by atoms with Crippen LogP contribution in [0.25, 0.3) is 0 Å². The molecule has 3 N–H and O–H groups in total. The maximum absolute atomic E-state index is 12.1. The Balaban J connectivity index is 1.86. The lowest BCUT2D eigenvalue weighted by Crippen LogP contribution is -2.23. The van der Waals surface area contributed by atoms with Crippen LogP contribution in [0.3, 0.4) is 0 Å². The highest BCUT2D eigenvalue weighted by Gasteiger charge is 2.08. The van der Waals surface area contributed by atoms with Crippen molar-refractivity contribution in [1.82, 2.24) is 5.32 Å². The van der Waals surface area contributed by atoms with E-state index in [1.54, 1.807) is 48.5 Å². The molecule has 7 nitrogen and oxygen atoms in total. The minimum Gasteiger partial charge on any atom is -0.462 e. The molecule has 0 spiro atoms. The van der Waals surface area contributed by atoms with Crippen molar-refractivity contribution in [3.8, 4) is 0 Å². The highest BCUT2D eigenvalue weighted by molar-refractivity contribution is 5.96. The van der Waals surface area contributed by atoms with Gasteiger partial charge < -0.3 is 20.7 Å². The maximum Gasteiger partial charge on any atom is 0.338 e. The second-order valence-electron chi connectivity index (χ2n) is 6.06. The number of carbonyl (C=O) groups excluding carboxylic acids is 3. The molecule has 2 aromatic rings. The Morgan fingerprint density at radius 2 is 1.68 bits per heavy atom. The van der Waals surface area contributed by atoms with E-state index in [-0.39, 0.29) is 24.3 Å². The van der Waals surface area contributed by atoms with Crippen molar-refractivity contribution < 1.29 is 19.1 Å². The second-order valence-corrected chi connectivity index (χ2v) is 6.06. The molecule has 0 saturated carbocycles. The van der Waals surface area contributed by atoms with Crippen LogP contribution in [-0.2, 0) is 9.53 Å². The van der Waals surface area contributed by atoms with Crippen LogP contribution in [0.4, 0.5) is 11.4 Å². The number of rotatable bonds is 9. The van der Waals surface area contributed by atoms with Gasteiger partial charge in [0.2, 0.25) is 5.91 Å². The van der Waals surface area contributed by atoms with Crippen molar-refractivity contribution in [2.45, 2.75) is 20.3 Å². The largest absolute Gasteiger partial charge is 0.462 e. The van der Waals surface area contributed by atoms with E-state index in [0.29, 0.717) is 35.7 Å². The third-order valence-electron chi connectivity index (χ3n) is 3.76. The Morgan fingerprint density at radius 1 is 0.929 bits per heavy atom. The molecule has 0 saturated heterocycles. The molecule has 0 aliphatic rings. The number of anilines is 2. The van der Waals surface area contributed by atoms with E-state index < -0.39 is 0 Å². The van der Waals surface area contributed by atoms with Gasteiger partial charge in [0.1, 0.15) is 0 Å². The van der Waals surface area contributed by atoms with E-state index in [4.69, 9.17) is 4.74 Å². The van der Waals surface area contributed by atoms with Crippen molar-refractivity contribution in [3.05, 3.63) is 59.7 Å². The summed E-state index contributed by atoms with van der Waals surface area (Å²) in [4.78, 5) is 35.7. The lowest BCUT2D eigenvalue weighted by molar-refractivity contribution is -0.114. The molecule has 148 valence electrons. The molecule has 2 aromatic carbocycles. The third-order valence-corrected chi connectivity index (χ3v) is 3.76. The molecule has 7 heteroatoms. The lowest BCUT2D eigenvalue weighted by Gasteiger charge is -2.10. The summed E-state index contributed by atoms with van der Waals surface area (Å²) in [6.07, 6.45) is 0.763. The molecule has 0 heterocycles. The van der Waals surface area contributed by atoms with Gasteiger partial charge in [0.05, 0.1) is 18.7 Å². The number of hydrogen-bond donors (Lipinski definition) is 3. The second kappa shape index (κ2) is 10.7. The van der Waals surface area contributed by atoms with E-state index in [9.17, 15) is 14.4 Å². The average Bonchev–Trinajstić information content (AvgIpc) is 2.71. The predicted molar refractivity (Wildman–Crippen MR) is 109 cm³/mol. The Morgan fingerprint density at radius 3 is 2.36 bits per heavy atom. The first-order chi connectivity index (χ1) is 13.5. The summed E-state index contributed by atoms with van der Waals surface area (Å²) < 4.78 is 5.06. The summed E-state index contributed by atoms with van der Waals surface area (Å²) in [7, 11) is 0. The van der Waals surface area contributed by atoms with E-state index in [1.165, 1.54) is 0 Å². The zero-order chi connectivity index (χ0) is 20.4. The van der Waals surface area contributed by atoms with Crippen LogP contribution < -0.4 is 16.0 Å². The zero-order valence-corrected chi connectivity index (χ0v) is 16.1. The topological polar surface area (TPSA) is 96.5 Å². The zero-order valence-electron chi connectivity index (χ0n) is 16.1. The number of carbonyl (C=O) groups is 3. The molecule has 0 atom stereocenters. The molecule has 0 radical (unpaired) electrons. The summed E-state index contributed by atoms with van der Waals surface area (Å²) in [6, 6.07) is 13.5. The van der Waals surface area contributed by atoms with Gasteiger partial charge in [0.15, 0.2) is 0 Å². The van der Waals surface area contributed by atoms with Gasteiger partial charge in [-0.1, -0.05) is 13.0 Å². The van der Waals surface area contributed by atoms with E-state index in [2.05, 4.69) is 16.0 Å². The highest BCUT2D eigenvalue weighted by atomic mass is 16.5. The van der Waals surface area contributed by atoms with E-state index >= 15 is 0 Å². The molecular formula is C21H25N3O4. The van der Waals surface area contributed by atoms with Crippen molar-refractivity contribution in [2.75, 3.05) is 30.3 Å². The molecular weight excluding hydrogens is 358 g/mol. The Hall–Kier alpha value is -3.35. The quantitative estimate of drug-likeness (QED) is 0.578. The fourth-order valence-corrected chi connectivity index (χ4v) is 2.39. The van der Waals surface area contributed by atoms with E-state index in [1.807, 2.05) is 13.8 Å². The monoisotopic (exact) mass is 383 g/mol. The van der Waals surface area contributed by atoms with Gasteiger partial charge in [-0.15, -0.1) is 0 Å². The highest BCUT2D eigenvalue weighted by Crippen LogP contribution is 2.12. The van der Waals surface area contributed by atoms with Crippen LogP contribution in [0.1, 0.15) is 41.0 Å². The van der Waals surface area contributed by atoms with Crippen molar-refractivity contribution in [1.29, 1.82) is 0 Å². The standard InChI is InChI=1S/C21H25N3O4/c1-3-12-28-21(27)15-8-10-17(11-9-15)24-19(25)14-23-18-7-5-6-16(13-18)20(26)22-4-2/h5-11,13,23H,3-4,12,14H2,1-2H3,(H,22,26)(H,24,25). The molecule has 2 amide bonds. The van der Waals surface area contributed by atoms with Crippen molar-refractivity contribution in [3.63, 3.8) is 0 Å². The van der Waals surface area contributed by atoms with Gasteiger partial charge in [0.25, 0.3) is 5.91 Å². The van der Waals surface area contributed by atoms with Crippen LogP contribution >= 0.6 is 0 Å². The first-order valence-electron chi connectivity index (χ1n) is 9.22. The number of benzene rings is 2. The maximum atomic E-state index is 12.1. The fraction of sp³-hybridized carbons (Fsp3) is 0.286. The predicted octanol–water partition coefficient (Wildman–Crippen LogP) is 3.05. The number of esters is 1. The third kappa shape index (κ3) is 6.42. The van der Waals surface area contributed by atoms with Gasteiger partial charge in [-0.2, -0.15) is 0 Å². The Kier molecular flexibility index (Phi) is 8.02. The van der Waals surface area contributed by atoms with Crippen molar-refractivity contribution >= 4 is 29.2 Å². The van der Waals surface area contributed by atoms with Gasteiger partial charge in [-0.05, 0) is 55.8 Å². The molecule has 0 aliphatic carbocycles. The van der Waals surface area contributed by atoms with Gasteiger partial charge in [-0.25, -0.2) is 4.79 Å². The van der Waals surface area contributed by atoms with Crippen LogP contribution in [0.15, 0.2) is 48.5 Å². The molecule has 28 heavy (non-hydrogen) atoms. The number of hydrogen-bond acceptors (Lipinski definition) is 5. The van der Waals surface area contributed by atoms with E-state index in [0.717, 1.165) is 6.42 Å². The first kappa shape index (κ1) is 21.0. The van der Waals surface area contributed by atoms with Gasteiger partial charge >= 0.3 is 5.97 Å². The molecule has 0 bridgehead atoms. The summed E-state index contributed by atoms with van der Waals surface area (Å²) in [5.74, 6) is -0.786. The minimum absolute atomic E-state index is 0.0408. The van der Waals surface area contributed by atoms with Crippen molar-refractivity contribution in [2.24, 2.45) is 0 Å². The fourth-order valence-electron chi connectivity index (χ4n) is 2.39. The van der Waals surface area contributed by atoms with Crippen LogP contribution in [0.2, 0.25) is 0 Å². The van der Waals surface area contributed by atoms with Gasteiger partial charge in [-0.3, -0.25) is 9.59 Å². The summed E-state index contributed by atoms with van der Waals surface area (Å²) in [5.41, 5.74) is 2.22. The number of ether oxygens (including phenoxy) is 1. The molecule has 2 rings (SSSR count). The Labute approximate surface area is 164 Å². The molecule has 0 aromatic heterocycles. The minimum atomic E-state index is -0.381. The molecule has 0 fully saturated rings. The van der Waals surface area contributed by atoms with Crippen LogP contribution in [0.5, 0.6) is 0 Å². The normalized spacial score (nSPS) is 10.1. The first-order valence-corrected chi connectivity index (χ1v) is 9.22. The number of amides is 2. The van der Waals surface area contributed by atoms with Crippen LogP contribution in [0, 0.1) is 0 Å².